The molecule has 1 aliphatic heterocycles. The summed E-state index contributed by atoms with van der Waals surface area (Å²) in [5.74, 6) is 1.05. The van der Waals surface area contributed by atoms with Crippen molar-refractivity contribution in [1.82, 2.24) is 4.90 Å². The number of halogens is 1. The summed E-state index contributed by atoms with van der Waals surface area (Å²) in [6, 6.07) is 27.7. The van der Waals surface area contributed by atoms with Gasteiger partial charge in [-0.1, -0.05) is 91.9 Å². The number of allylic oxidation sites excluding steroid dienone is 2. The molecular formula is C33H40FNO2. The van der Waals surface area contributed by atoms with Crippen molar-refractivity contribution in [2.24, 2.45) is 0 Å². The predicted octanol–water partition coefficient (Wildman–Crippen LogP) is 7.90. The van der Waals surface area contributed by atoms with Crippen LogP contribution in [-0.4, -0.2) is 30.8 Å². The lowest BCUT2D eigenvalue weighted by atomic mass is 9.77. The topological polar surface area (TPSA) is 21.7 Å². The Morgan fingerprint density at radius 2 is 1.54 bits per heavy atom. The van der Waals surface area contributed by atoms with Gasteiger partial charge in [-0.15, -0.1) is 0 Å². The lowest BCUT2D eigenvalue weighted by molar-refractivity contribution is -0.149. The third kappa shape index (κ3) is 7.88. The van der Waals surface area contributed by atoms with Crippen LogP contribution < -0.4 is 0 Å². The van der Waals surface area contributed by atoms with Crippen molar-refractivity contribution in [3.63, 3.8) is 0 Å². The third-order valence-electron chi connectivity index (χ3n) is 6.77. The fraction of sp³-hybridized carbons (Fsp3) is 0.333. The van der Waals surface area contributed by atoms with Gasteiger partial charge in [0.15, 0.2) is 0 Å². The second-order valence-corrected chi connectivity index (χ2v) is 9.35. The second kappa shape index (κ2) is 14.5. The van der Waals surface area contributed by atoms with E-state index in [0.717, 1.165) is 36.3 Å². The van der Waals surface area contributed by atoms with Crippen LogP contribution in [0.5, 0.6) is 0 Å². The van der Waals surface area contributed by atoms with Crippen molar-refractivity contribution in [3.8, 4) is 0 Å². The first kappa shape index (κ1) is 28.4. The van der Waals surface area contributed by atoms with Crippen LogP contribution in [0, 0.1) is 5.82 Å². The van der Waals surface area contributed by atoms with E-state index in [4.69, 9.17) is 9.47 Å². The molecule has 4 rings (SSSR count). The molecule has 4 heteroatoms. The van der Waals surface area contributed by atoms with Crippen LogP contribution in [0.25, 0.3) is 0 Å². The Labute approximate surface area is 222 Å². The van der Waals surface area contributed by atoms with Crippen molar-refractivity contribution in [1.29, 1.82) is 0 Å². The maximum atomic E-state index is 13.2. The van der Waals surface area contributed by atoms with Crippen LogP contribution in [0.2, 0.25) is 0 Å². The molecule has 0 amide bonds. The highest BCUT2D eigenvalue weighted by Crippen LogP contribution is 2.44. The van der Waals surface area contributed by atoms with Crippen LogP contribution in [-0.2, 0) is 22.5 Å². The monoisotopic (exact) mass is 501 g/mol. The Morgan fingerprint density at radius 1 is 0.946 bits per heavy atom. The Balaban J connectivity index is 0.000000248. The van der Waals surface area contributed by atoms with E-state index in [0.29, 0.717) is 6.61 Å². The van der Waals surface area contributed by atoms with Crippen LogP contribution in [0.1, 0.15) is 49.8 Å². The second-order valence-electron chi connectivity index (χ2n) is 9.35. The van der Waals surface area contributed by atoms with Gasteiger partial charge >= 0.3 is 0 Å². The van der Waals surface area contributed by atoms with Crippen LogP contribution in [0.4, 0.5) is 4.39 Å². The summed E-state index contributed by atoms with van der Waals surface area (Å²) in [5, 5.41) is 0. The van der Waals surface area contributed by atoms with Gasteiger partial charge in [-0.2, -0.15) is 0 Å². The summed E-state index contributed by atoms with van der Waals surface area (Å²) in [6.45, 7) is 11.9. The lowest BCUT2D eigenvalue weighted by Crippen LogP contribution is -2.63. The van der Waals surface area contributed by atoms with Gasteiger partial charge in [0.1, 0.15) is 18.7 Å². The molecule has 1 fully saturated rings. The van der Waals surface area contributed by atoms with E-state index in [1.54, 1.807) is 7.11 Å². The van der Waals surface area contributed by atoms with Gasteiger partial charge in [0.05, 0.1) is 5.76 Å². The van der Waals surface area contributed by atoms with Crippen LogP contribution in [0.3, 0.4) is 0 Å². The summed E-state index contributed by atoms with van der Waals surface area (Å²) in [4.78, 5) is 2.35. The number of likely N-dealkylation sites (tertiary alicyclic amines) is 1. The number of benzene rings is 3. The molecule has 0 radical (unpaired) electrons. The summed E-state index contributed by atoms with van der Waals surface area (Å²) in [6.07, 6.45) is 3.95. The minimum Gasteiger partial charge on any atom is -0.494 e. The zero-order valence-electron chi connectivity index (χ0n) is 22.6. The molecule has 1 saturated heterocycles. The number of rotatable bonds is 10. The summed E-state index contributed by atoms with van der Waals surface area (Å²) >= 11 is 0. The van der Waals surface area contributed by atoms with E-state index < -0.39 is 0 Å². The van der Waals surface area contributed by atoms with Crippen molar-refractivity contribution < 1.29 is 13.9 Å². The molecule has 0 aromatic heterocycles. The first-order valence-electron chi connectivity index (χ1n) is 13.0. The molecule has 37 heavy (non-hydrogen) atoms. The maximum Gasteiger partial charge on any atom is 0.123 e. The number of hydrogen-bond donors (Lipinski definition) is 0. The van der Waals surface area contributed by atoms with E-state index in [2.05, 4.69) is 61.7 Å². The molecule has 1 heterocycles. The summed E-state index contributed by atoms with van der Waals surface area (Å²) < 4.78 is 24.6. The number of ether oxygens (including phenoxy) is 2. The molecule has 0 spiro atoms. The van der Waals surface area contributed by atoms with E-state index in [1.165, 1.54) is 23.3 Å². The first-order chi connectivity index (χ1) is 18.0. The van der Waals surface area contributed by atoms with Gasteiger partial charge in [-0.05, 0) is 55.2 Å². The van der Waals surface area contributed by atoms with Crippen molar-refractivity contribution in [2.45, 2.75) is 58.4 Å². The van der Waals surface area contributed by atoms with Crippen molar-refractivity contribution in [3.05, 3.63) is 131 Å². The SMILES string of the molecule is C/C=C(\CC)OCc1ccccc1.C=C(C)C1C(c2ccc(F)cc2)C(OC)N1CCc1ccccc1. The van der Waals surface area contributed by atoms with Crippen molar-refractivity contribution in [2.75, 3.05) is 13.7 Å². The number of hydrogen-bond acceptors (Lipinski definition) is 3. The van der Waals surface area contributed by atoms with E-state index in [1.807, 2.05) is 49.4 Å². The van der Waals surface area contributed by atoms with Gasteiger partial charge in [0, 0.05) is 32.0 Å². The summed E-state index contributed by atoms with van der Waals surface area (Å²) in [5.41, 5.74) is 4.76. The fourth-order valence-corrected chi connectivity index (χ4v) is 4.84. The Kier molecular flexibility index (Phi) is 11.1. The zero-order valence-corrected chi connectivity index (χ0v) is 22.6. The van der Waals surface area contributed by atoms with E-state index >= 15 is 0 Å². The number of methoxy groups -OCH3 is 1. The molecule has 0 N–H and O–H groups in total. The minimum atomic E-state index is -0.208. The van der Waals surface area contributed by atoms with E-state index in [-0.39, 0.29) is 24.0 Å². The van der Waals surface area contributed by atoms with E-state index in [9.17, 15) is 4.39 Å². The Hall–Kier alpha value is -3.21. The molecule has 0 bridgehead atoms. The molecule has 3 nitrogen and oxygen atoms in total. The molecule has 3 aromatic rings. The van der Waals surface area contributed by atoms with Gasteiger partial charge in [0.25, 0.3) is 0 Å². The average molecular weight is 502 g/mol. The molecule has 0 aliphatic carbocycles. The lowest BCUT2D eigenvalue weighted by Gasteiger charge is -2.55. The zero-order chi connectivity index (χ0) is 26.6. The highest BCUT2D eigenvalue weighted by atomic mass is 19.1. The average Bonchev–Trinajstić information content (AvgIpc) is 2.91. The van der Waals surface area contributed by atoms with Gasteiger partial charge in [-0.25, -0.2) is 4.39 Å². The molecule has 1 aliphatic rings. The molecule has 3 unspecified atom stereocenters. The molecule has 0 saturated carbocycles. The van der Waals surface area contributed by atoms with Crippen LogP contribution >= 0.6 is 0 Å². The standard InChI is InChI=1S/C21H24FNO.C12H16O/c1-15(2)20-19(17-9-11-18(22)12-10-17)21(24-3)23(20)14-13-16-7-5-4-6-8-16;1-3-12(4-2)13-10-11-8-6-5-7-9-11/h4-12,19-21H,1,13-14H2,2-3H3;3,5-9H,4,10H2,1-2H3/b;12-3+. The van der Waals surface area contributed by atoms with Gasteiger partial charge in [-0.3, -0.25) is 4.90 Å². The third-order valence-corrected chi connectivity index (χ3v) is 6.77. The van der Waals surface area contributed by atoms with Crippen molar-refractivity contribution >= 4 is 0 Å². The predicted molar refractivity (Wildman–Crippen MR) is 151 cm³/mol. The van der Waals surface area contributed by atoms with Gasteiger partial charge in [0.2, 0.25) is 0 Å². The molecule has 3 aromatic carbocycles. The highest BCUT2D eigenvalue weighted by molar-refractivity contribution is 5.32. The molecule has 196 valence electrons. The smallest absolute Gasteiger partial charge is 0.123 e. The Morgan fingerprint density at radius 3 is 2.05 bits per heavy atom. The normalized spacial score (nSPS) is 19.4. The fourth-order valence-electron chi connectivity index (χ4n) is 4.84. The highest BCUT2D eigenvalue weighted by Gasteiger charge is 2.49. The quantitative estimate of drug-likeness (QED) is 0.208. The van der Waals surface area contributed by atoms with Crippen LogP contribution in [0.15, 0.2) is 109 Å². The maximum absolute atomic E-state index is 13.2. The largest absolute Gasteiger partial charge is 0.494 e. The molecular weight excluding hydrogens is 461 g/mol. The minimum absolute atomic E-state index is 0.000809. The first-order valence-corrected chi connectivity index (χ1v) is 13.0. The number of nitrogens with zero attached hydrogens (tertiary/aromatic N) is 1. The molecule has 3 atom stereocenters. The Bertz CT molecular complexity index is 1110. The summed E-state index contributed by atoms with van der Waals surface area (Å²) in [7, 11) is 1.74. The van der Waals surface area contributed by atoms with Gasteiger partial charge < -0.3 is 9.47 Å².